The number of rotatable bonds is 3. The lowest BCUT2D eigenvalue weighted by molar-refractivity contribution is 0.0672. The van der Waals surface area contributed by atoms with Crippen LogP contribution in [0.25, 0.3) is 0 Å². The van der Waals surface area contributed by atoms with Crippen molar-refractivity contribution >= 4 is 0 Å². The predicted octanol–water partition coefficient (Wildman–Crippen LogP) is 3.73. The molecule has 0 heterocycles. The molecule has 1 atom stereocenters. The molecule has 0 aliphatic carbocycles. The quantitative estimate of drug-likeness (QED) is 0.736. The first-order chi connectivity index (χ1) is 7.36. The highest BCUT2D eigenvalue weighted by Crippen LogP contribution is 2.22. The average Bonchev–Trinajstić information content (AvgIpc) is 2.31. The predicted molar refractivity (Wildman–Crippen MR) is 57.4 cm³/mol. The number of benzene rings is 2. The fourth-order valence-electron chi connectivity index (χ4n) is 1.29. The van der Waals surface area contributed by atoms with Crippen molar-refractivity contribution in [3.05, 3.63) is 66.2 Å². The van der Waals surface area contributed by atoms with Gasteiger partial charge in [-0.1, -0.05) is 48.5 Å². The lowest BCUT2D eigenvalue weighted by Crippen LogP contribution is -2.00. The van der Waals surface area contributed by atoms with E-state index in [2.05, 4.69) is 0 Å². The molecule has 0 aliphatic rings. The standard InChI is InChI=1S/C13H11FO/c14-13(11-7-3-1-4-8-11)15-12-9-5-2-6-10-12/h1-10,13H. The molecule has 1 nitrogen and oxygen atoms in total. The highest BCUT2D eigenvalue weighted by molar-refractivity contribution is 5.23. The normalized spacial score (nSPS) is 12.1. The van der Waals surface area contributed by atoms with Crippen molar-refractivity contribution in [2.75, 3.05) is 0 Å². The second-order valence-corrected chi connectivity index (χ2v) is 3.16. The Hall–Kier alpha value is -1.83. The van der Waals surface area contributed by atoms with E-state index in [0.717, 1.165) is 0 Å². The Bertz CT molecular complexity index is 399. The molecule has 15 heavy (non-hydrogen) atoms. The summed E-state index contributed by atoms with van der Waals surface area (Å²) in [5, 5.41) is 0. The maximum absolute atomic E-state index is 13.6. The maximum Gasteiger partial charge on any atom is 0.264 e. The average molecular weight is 202 g/mol. The number of hydrogen-bond acceptors (Lipinski definition) is 1. The topological polar surface area (TPSA) is 9.23 Å². The van der Waals surface area contributed by atoms with E-state index in [1.807, 2.05) is 24.3 Å². The van der Waals surface area contributed by atoms with E-state index >= 15 is 0 Å². The van der Waals surface area contributed by atoms with E-state index in [-0.39, 0.29) is 0 Å². The van der Waals surface area contributed by atoms with Crippen LogP contribution in [0.1, 0.15) is 11.9 Å². The molecule has 0 fully saturated rings. The number of ether oxygens (including phenoxy) is 1. The monoisotopic (exact) mass is 202 g/mol. The van der Waals surface area contributed by atoms with E-state index in [1.165, 1.54) is 0 Å². The molecular formula is C13H11FO. The molecule has 0 aliphatic heterocycles. The Balaban J connectivity index is 2.08. The van der Waals surface area contributed by atoms with Crippen LogP contribution in [0, 0.1) is 0 Å². The number of halogens is 1. The second kappa shape index (κ2) is 4.60. The number of para-hydroxylation sites is 1. The molecular weight excluding hydrogens is 191 g/mol. The van der Waals surface area contributed by atoms with Crippen molar-refractivity contribution in [2.45, 2.75) is 6.36 Å². The van der Waals surface area contributed by atoms with Crippen molar-refractivity contribution in [1.29, 1.82) is 0 Å². The van der Waals surface area contributed by atoms with Gasteiger partial charge in [0, 0.05) is 5.56 Å². The van der Waals surface area contributed by atoms with E-state index < -0.39 is 6.36 Å². The fraction of sp³-hybridized carbons (Fsp3) is 0.0769. The Labute approximate surface area is 88.1 Å². The zero-order valence-electron chi connectivity index (χ0n) is 8.14. The molecule has 0 bridgehead atoms. The summed E-state index contributed by atoms with van der Waals surface area (Å²) in [5.41, 5.74) is 0.529. The Morgan fingerprint density at radius 1 is 0.800 bits per heavy atom. The van der Waals surface area contributed by atoms with E-state index in [4.69, 9.17) is 4.74 Å². The first kappa shape index (κ1) is 9.71. The summed E-state index contributed by atoms with van der Waals surface area (Å²) < 4.78 is 18.7. The van der Waals surface area contributed by atoms with Crippen molar-refractivity contribution in [3.8, 4) is 5.75 Å². The zero-order chi connectivity index (χ0) is 10.5. The van der Waals surface area contributed by atoms with Gasteiger partial charge in [-0.25, -0.2) is 0 Å². The van der Waals surface area contributed by atoms with E-state index in [0.29, 0.717) is 11.3 Å². The van der Waals surface area contributed by atoms with Gasteiger partial charge in [0.2, 0.25) is 0 Å². The minimum absolute atomic E-state index is 0.529. The molecule has 2 rings (SSSR count). The molecule has 2 aromatic carbocycles. The smallest absolute Gasteiger partial charge is 0.264 e. The first-order valence-electron chi connectivity index (χ1n) is 4.77. The van der Waals surface area contributed by atoms with Gasteiger partial charge in [-0.15, -0.1) is 0 Å². The number of hydrogen-bond donors (Lipinski definition) is 0. The lowest BCUT2D eigenvalue weighted by Gasteiger charge is -2.11. The van der Waals surface area contributed by atoms with Crippen LogP contribution < -0.4 is 4.74 Å². The van der Waals surface area contributed by atoms with Gasteiger partial charge in [0.1, 0.15) is 5.75 Å². The molecule has 0 spiro atoms. The van der Waals surface area contributed by atoms with Crippen LogP contribution in [0.3, 0.4) is 0 Å². The zero-order valence-corrected chi connectivity index (χ0v) is 8.14. The molecule has 0 radical (unpaired) electrons. The van der Waals surface area contributed by atoms with Crippen LogP contribution in [0.5, 0.6) is 5.75 Å². The van der Waals surface area contributed by atoms with Crippen molar-refractivity contribution < 1.29 is 9.13 Å². The molecule has 0 saturated carbocycles. The van der Waals surface area contributed by atoms with Gasteiger partial charge in [0.05, 0.1) is 0 Å². The van der Waals surface area contributed by atoms with Crippen LogP contribution in [0.15, 0.2) is 60.7 Å². The molecule has 0 N–H and O–H groups in total. The minimum atomic E-state index is -1.41. The van der Waals surface area contributed by atoms with Gasteiger partial charge < -0.3 is 4.74 Å². The van der Waals surface area contributed by atoms with Gasteiger partial charge in [0.25, 0.3) is 6.36 Å². The van der Waals surface area contributed by atoms with Crippen LogP contribution in [0.2, 0.25) is 0 Å². The van der Waals surface area contributed by atoms with Crippen molar-refractivity contribution in [1.82, 2.24) is 0 Å². The summed E-state index contributed by atoms with van der Waals surface area (Å²) in [6.45, 7) is 0. The van der Waals surface area contributed by atoms with Gasteiger partial charge in [-0.2, -0.15) is 4.39 Å². The Kier molecular flexibility index (Phi) is 2.98. The summed E-state index contributed by atoms with van der Waals surface area (Å²) in [6, 6.07) is 17.8. The van der Waals surface area contributed by atoms with Gasteiger partial charge in [-0.3, -0.25) is 0 Å². The minimum Gasteiger partial charge on any atom is -0.456 e. The van der Waals surface area contributed by atoms with E-state index in [9.17, 15) is 4.39 Å². The van der Waals surface area contributed by atoms with Crippen LogP contribution in [-0.2, 0) is 0 Å². The Morgan fingerprint density at radius 3 is 1.93 bits per heavy atom. The van der Waals surface area contributed by atoms with Crippen LogP contribution >= 0.6 is 0 Å². The maximum atomic E-state index is 13.6. The summed E-state index contributed by atoms with van der Waals surface area (Å²) in [4.78, 5) is 0. The molecule has 2 aromatic rings. The molecule has 0 aromatic heterocycles. The van der Waals surface area contributed by atoms with Crippen LogP contribution in [0.4, 0.5) is 4.39 Å². The van der Waals surface area contributed by atoms with Gasteiger partial charge in [-0.05, 0) is 12.1 Å². The van der Waals surface area contributed by atoms with Crippen molar-refractivity contribution in [2.24, 2.45) is 0 Å². The molecule has 1 unspecified atom stereocenters. The van der Waals surface area contributed by atoms with Gasteiger partial charge >= 0.3 is 0 Å². The summed E-state index contributed by atoms with van der Waals surface area (Å²) >= 11 is 0. The summed E-state index contributed by atoms with van der Waals surface area (Å²) in [5.74, 6) is 0.536. The molecule has 76 valence electrons. The number of alkyl halides is 1. The highest BCUT2D eigenvalue weighted by atomic mass is 19.1. The second-order valence-electron chi connectivity index (χ2n) is 3.16. The SMILES string of the molecule is FC(Oc1ccccc1)c1ccccc1. The third-order valence-corrected chi connectivity index (χ3v) is 2.04. The highest BCUT2D eigenvalue weighted by Gasteiger charge is 2.09. The van der Waals surface area contributed by atoms with Gasteiger partial charge in [0.15, 0.2) is 0 Å². The fourth-order valence-corrected chi connectivity index (χ4v) is 1.29. The lowest BCUT2D eigenvalue weighted by atomic mass is 10.2. The molecule has 2 heteroatoms. The summed E-state index contributed by atoms with van der Waals surface area (Å²) in [7, 11) is 0. The largest absolute Gasteiger partial charge is 0.456 e. The van der Waals surface area contributed by atoms with Crippen molar-refractivity contribution in [3.63, 3.8) is 0 Å². The van der Waals surface area contributed by atoms with E-state index in [1.54, 1.807) is 36.4 Å². The molecule has 0 saturated heterocycles. The summed E-state index contributed by atoms with van der Waals surface area (Å²) in [6.07, 6.45) is -1.41. The third kappa shape index (κ3) is 2.56. The Morgan fingerprint density at radius 2 is 1.33 bits per heavy atom. The molecule has 0 amide bonds. The van der Waals surface area contributed by atoms with Crippen LogP contribution in [-0.4, -0.2) is 0 Å². The first-order valence-corrected chi connectivity index (χ1v) is 4.77. The third-order valence-electron chi connectivity index (χ3n) is 2.04.